The molecule has 0 saturated heterocycles. The summed E-state index contributed by atoms with van der Waals surface area (Å²) in [5.41, 5.74) is -1.41. The first-order valence-electron chi connectivity index (χ1n) is 6.74. The Morgan fingerprint density at radius 3 is 2.16 bits per heavy atom. The molecule has 0 saturated carbocycles. The number of hydrogen-bond acceptors (Lipinski definition) is 4. The number of ether oxygens (including phenoxy) is 1. The van der Waals surface area contributed by atoms with Crippen LogP contribution in [0.25, 0.3) is 0 Å². The van der Waals surface area contributed by atoms with Gasteiger partial charge in [0.1, 0.15) is 0 Å². The van der Waals surface area contributed by atoms with Gasteiger partial charge in [-0.1, -0.05) is 40.5 Å². The number of hydrogen-bond donors (Lipinski definition) is 1. The second kappa shape index (κ2) is 7.78. The number of carboxylic acids is 1. The second-order valence-electron chi connectivity index (χ2n) is 5.61. The van der Waals surface area contributed by atoms with Gasteiger partial charge in [0.2, 0.25) is 0 Å². The Kier molecular flexibility index (Phi) is 7.49. The minimum atomic E-state index is -1.41. The first kappa shape index (κ1) is 18.3. The van der Waals surface area contributed by atoms with E-state index >= 15 is 0 Å². The zero-order valence-corrected chi connectivity index (χ0v) is 13.4. The van der Waals surface area contributed by atoms with Crippen molar-refractivity contribution in [2.45, 2.75) is 58.6 Å². The number of rotatable bonds is 8. The van der Waals surface area contributed by atoms with Crippen molar-refractivity contribution in [2.24, 2.45) is 5.41 Å². The standard InChI is InChI=1S/C14H26O4S/c1-6-8-9-14(11(15)16,12(17)18-7-2)10-19-13(3,4)5/h6-10H2,1-5H3,(H,15,16)/t14-/m1/s1. The Bertz CT molecular complexity index is 309. The SMILES string of the molecule is CCCC[C@@](CSC(C)(C)C)(C(=O)O)C(=O)OCC. The first-order valence-corrected chi connectivity index (χ1v) is 7.72. The number of esters is 1. The largest absolute Gasteiger partial charge is 0.480 e. The summed E-state index contributed by atoms with van der Waals surface area (Å²) in [6.07, 6.45) is 1.89. The lowest BCUT2D eigenvalue weighted by Gasteiger charge is -2.29. The van der Waals surface area contributed by atoms with E-state index in [1.54, 1.807) is 6.92 Å². The van der Waals surface area contributed by atoms with Gasteiger partial charge in [-0.05, 0) is 13.3 Å². The molecule has 0 fully saturated rings. The number of carboxylic acid groups (broad SMARTS) is 1. The molecule has 0 aromatic carbocycles. The van der Waals surface area contributed by atoms with Crippen LogP contribution in [0.4, 0.5) is 0 Å². The van der Waals surface area contributed by atoms with E-state index in [0.717, 1.165) is 6.42 Å². The van der Waals surface area contributed by atoms with Crippen LogP contribution in [0.1, 0.15) is 53.9 Å². The first-order chi connectivity index (χ1) is 8.69. The Morgan fingerprint density at radius 1 is 1.21 bits per heavy atom. The lowest BCUT2D eigenvalue weighted by Crippen LogP contribution is -2.44. The smallest absolute Gasteiger partial charge is 0.324 e. The molecular weight excluding hydrogens is 264 g/mol. The Hall–Kier alpha value is -0.710. The summed E-state index contributed by atoms with van der Waals surface area (Å²) in [5.74, 6) is -1.42. The molecule has 0 bridgehead atoms. The Labute approximate surface area is 120 Å². The number of carbonyl (C=O) groups is 2. The molecule has 0 aliphatic rings. The highest BCUT2D eigenvalue weighted by Gasteiger charge is 2.47. The minimum Gasteiger partial charge on any atom is -0.480 e. The molecule has 0 spiro atoms. The van der Waals surface area contributed by atoms with Crippen LogP contribution >= 0.6 is 11.8 Å². The average molecular weight is 290 g/mol. The van der Waals surface area contributed by atoms with Gasteiger partial charge in [-0.3, -0.25) is 9.59 Å². The number of unbranched alkanes of at least 4 members (excludes halogenated alkanes) is 1. The van der Waals surface area contributed by atoms with Crippen LogP contribution in [-0.4, -0.2) is 34.2 Å². The van der Waals surface area contributed by atoms with Crippen LogP contribution in [0.3, 0.4) is 0 Å². The fourth-order valence-corrected chi connectivity index (χ4v) is 2.64. The summed E-state index contributed by atoms with van der Waals surface area (Å²) < 4.78 is 4.91. The van der Waals surface area contributed by atoms with E-state index in [9.17, 15) is 14.7 Å². The van der Waals surface area contributed by atoms with Gasteiger partial charge in [0, 0.05) is 10.5 Å². The normalized spacial score (nSPS) is 14.8. The van der Waals surface area contributed by atoms with Crippen molar-refractivity contribution in [3.63, 3.8) is 0 Å². The van der Waals surface area contributed by atoms with Crippen LogP contribution in [0.5, 0.6) is 0 Å². The number of carbonyl (C=O) groups excluding carboxylic acids is 1. The molecule has 1 N–H and O–H groups in total. The van der Waals surface area contributed by atoms with Crippen LogP contribution < -0.4 is 0 Å². The maximum atomic E-state index is 12.1. The van der Waals surface area contributed by atoms with Gasteiger partial charge < -0.3 is 9.84 Å². The van der Waals surface area contributed by atoms with E-state index in [1.807, 2.05) is 27.7 Å². The monoisotopic (exact) mass is 290 g/mol. The van der Waals surface area contributed by atoms with E-state index in [2.05, 4.69) is 0 Å². The van der Waals surface area contributed by atoms with Crippen LogP contribution in [0.2, 0.25) is 0 Å². The molecule has 1 atom stereocenters. The van der Waals surface area contributed by atoms with Crippen LogP contribution in [-0.2, 0) is 14.3 Å². The minimum absolute atomic E-state index is 0.0839. The van der Waals surface area contributed by atoms with Gasteiger partial charge in [-0.2, -0.15) is 11.8 Å². The predicted octanol–water partition coefficient (Wildman–Crippen LogP) is 3.34. The van der Waals surface area contributed by atoms with Gasteiger partial charge >= 0.3 is 11.9 Å². The second-order valence-corrected chi connectivity index (χ2v) is 7.41. The highest BCUT2D eigenvalue weighted by Crippen LogP contribution is 2.36. The molecule has 0 rings (SSSR count). The van der Waals surface area contributed by atoms with Crippen molar-refractivity contribution < 1.29 is 19.4 Å². The molecule has 0 aliphatic heterocycles. The molecule has 0 radical (unpaired) electrons. The highest BCUT2D eigenvalue weighted by atomic mass is 32.2. The number of thioether (sulfide) groups is 1. The molecule has 5 heteroatoms. The zero-order valence-electron chi connectivity index (χ0n) is 12.6. The van der Waals surface area contributed by atoms with Crippen LogP contribution in [0, 0.1) is 5.41 Å². The molecule has 0 amide bonds. The van der Waals surface area contributed by atoms with E-state index < -0.39 is 17.4 Å². The van der Waals surface area contributed by atoms with Crippen LogP contribution in [0.15, 0.2) is 0 Å². The Balaban J connectivity index is 5.13. The van der Waals surface area contributed by atoms with Gasteiger partial charge in [-0.25, -0.2) is 0 Å². The van der Waals surface area contributed by atoms with Gasteiger partial charge in [0.15, 0.2) is 5.41 Å². The Morgan fingerprint density at radius 2 is 1.79 bits per heavy atom. The van der Waals surface area contributed by atoms with Crippen molar-refractivity contribution in [3.05, 3.63) is 0 Å². The third-order valence-electron chi connectivity index (χ3n) is 2.78. The van der Waals surface area contributed by atoms with Gasteiger partial charge in [-0.15, -0.1) is 0 Å². The number of aliphatic carboxylic acids is 1. The summed E-state index contributed by atoms with van der Waals surface area (Å²) in [4.78, 5) is 23.8. The summed E-state index contributed by atoms with van der Waals surface area (Å²) in [7, 11) is 0. The fourth-order valence-electron chi connectivity index (χ4n) is 1.58. The average Bonchev–Trinajstić information content (AvgIpc) is 2.28. The summed E-state index contributed by atoms with van der Waals surface area (Å²) in [5, 5.41) is 9.53. The molecule has 19 heavy (non-hydrogen) atoms. The van der Waals surface area contributed by atoms with E-state index in [0.29, 0.717) is 12.8 Å². The summed E-state index contributed by atoms with van der Waals surface area (Å²) in [6.45, 7) is 9.91. The van der Waals surface area contributed by atoms with Gasteiger partial charge in [0.05, 0.1) is 6.61 Å². The summed E-state index contributed by atoms with van der Waals surface area (Å²) >= 11 is 1.49. The van der Waals surface area contributed by atoms with Crippen molar-refractivity contribution in [3.8, 4) is 0 Å². The quantitative estimate of drug-likeness (QED) is 0.548. The maximum Gasteiger partial charge on any atom is 0.324 e. The zero-order chi connectivity index (χ0) is 15.1. The topological polar surface area (TPSA) is 63.6 Å². The van der Waals surface area contributed by atoms with Crippen molar-refractivity contribution in [1.29, 1.82) is 0 Å². The van der Waals surface area contributed by atoms with E-state index in [4.69, 9.17) is 4.74 Å². The molecular formula is C14H26O4S. The molecule has 112 valence electrons. The molecule has 4 nitrogen and oxygen atoms in total. The highest BCUT2D eigenvalue weighted by molar-refractivity contribution is 8.00. The summed E-state index contributed by atoms with van der Waals surface area (Å²) in [6, 6.07) is 0. The molecule has 0 unspecified atom stereocenters. The third kappa shape index (κ3) is 5.85. The molecule has 0 heterocycles. The lowest BCUT2D eigenvalue weighted by atomic mass is 9.84. The van der Waals surface area contributed by atoms with Crippen molar-refractivity contribution in [1.82, 2.24) is 0 Å². The van der Waals surface area contributed by atoms with Crippen molar-refractivity contribution >= 4 is 23.7 Å². The maximum absolute atomic E-state index is 12.1. The van der Waals surface area contributed by atoms with E-state index in [1.165, 1.54) is 11.8 Å². The van der Waals surface area contributed by atoms with Crippen molar-refractivity contribution in [2.75, 3.05) is 12.4 Å². The fraction of sp³-hybridized carbons (Fsp3) is 0.857. The third-order valence-corrected chi connectivity index (χ3v) is 4.29. The predicted molar refractivity (Wildman–Crippen MR) is 78.4 cm³/mol. The molecule has 0 aromatic heterocycles. The van der Waals surface area contributed by atoms with Gasteiger partial charge in [0.25, 0.3) is 0 Å². The lowest BCUT2D eigenvalue weighted by molar-refractivity contribution is -0.167. The van der Waals surface area contributed by atoms with E-state index in [-0.39, 0.29) is 17.1 Å². The molecule has 0 aromatic rings. The molecule has 0 aliphatic carbocycles.